The topological polar surface area (TPSA) is 21.3 Å². The van der Waals surface area contributed by atoms with E-state index in [1.54, 1.807) is 0 Å². The summed E-state index contributed by atoms with van der Waals surface area (Å²) in [7, 11) is 0. The van der Waals surface area contributed by atoms with Gasteiger partial charge in [0.15, 0.2) is 0 Å². The highest BCUT2D eigenvalue weighted by Gasteiger charge is 2.09. The van der Waals surface area contributed by atoms with Gasteiger partial charge in [0.2, 0.25) is 0 Å². The Morgan fingerprint density at radius 2 is 2.05 bits per heavy atom. The van der Waals surface area contributed by atoms with E-state index in [1.807, 2.05) is 37.3 Å². The van der Waals surface area contributed by atoms with Crippen molar-refractivity contribution in [3.8, 4) is 5.75 Å². The summed E-state index contributed by atoms with van der Waals surface area (Å²) in [5, 5.41) is 4.26. The molecule has 0 aliphatic heterocycles. The molecule has 0 bridgehead atoms. The van der Waals surface area contributed by atoms with Crippen LogP contribution in [0.1, 0.15) is 31.0 Å². The van der Waals surface area contributed by atoms with Crippen LogP contribution in [0.25, 0.3) is 0 Å². The molecule has 2 aromatic rings. The summed E-state index contributed by atoms with van der Waals surface area (Å²) in [5.41, 5.74) is 2.29. The molecule has 0 radical (unpaired) electrons. The Balaban J connectivity index is 2.00. The van der Waals surface area contributed by atoms with Crippen molar-refractivity contribution in [3.63, 3.8) is 0 Å². The first-order valence-corrected chi connectivity index (χ1v) is 8.17. The minimum atomic E-state index is 0.182. The second-order valence-electron chi connectivity index (χ2n) is 4.85. The molecule has 0 aromatic heterocycles. The Kier molecular flexibility index (Phi) is 6.09. The highest BCUT2D eigenvalue weighted by Crippen LogP contribution is 2.26. The van der Waals surface area contributed by atoms with E-state index in [0.29, 0.717) is 6.61 Å². The monoisotopic (exact) mass is 367 g/mol. The largest absolute Gasteiger partial charge is 0.494 e. The van der Waals surface area contributed by atoms with Crippen molar-refractivity contribution in [3.05, 3.63) is 63.1 Å². The van der Waals surface area contributed by atoms with Crippen molar-refractivity contribution in [2.24, 2.45) is 0 Å². The van der Waals surface area contributed by atoms with E-state index in [-0.39, 0.29) is 6.04 Å². The van der Waals surface area contributed by atoms with Gasteiger partial charge in [-0.1, -0.05) is 45.7 Å². The molecule has 4 heteroatoms. The molecule has 0 aliphatic carbocycles. The second-order valence-corrected chi connectivity index (χ2v) is 6.17. The van der Waals surface area contributed by atoms with Crippen molar-refractivity contribution < 1.29 is 4.74 Å². The smallest absolute Gasteiger partial charge is 0.119 e. The molecule has 21 heavy (non-hydrogen) atoms. The summed E-state index contributed by atoms with van der Waals surface area (Å²) < 4.78 is 6.51. The van der Waals surface area contributed by atoms with Gasteiger partial charge < -0.3 is 10.1 Å². The first-order valence-electron chi connectivity index (χ1n) is 7.00. The number of hydrogen-bond donors (Lipinski definition) is 1. The summed E-state index contributed by atoms with van der Waals surface area (Å²) in [5.74, 6) is 0.908. The number of benzene rings is 2. The van der Waals surface area contributed by atoms with Gasteiger partial charge in [0.05, 0.1) is 6.61 Å². The van der Waals surface area contributed by atoms with Crippen LogP contribution in [-0.4, -0.2) is 6.61 Å². The molecule has 1 atom stereocenters. The summed E-state index contributed by atoms with van der Waals surface area (Å²) in [4.78, 5) is 0. The summed E-state index contributed by atoms with van der Waals surface area (Å²) in [6.07, 6.45) is 0. The van der Waals surface area contributed by atoms with Gasteiger partial charge in [-0.2, -0.15) is 0 Å². The predicted octanol–water partition coefficient (Wildman–Crippen LogP) is 5.35. The van der Waals surface area contributed by atoms with Gasteiger partial charge in [0, 0.05) is 22.1 Å². The first-order chi connectivity index (χ1) is 10.1. The van der Waals surface area contributed by atoms with Crippen LogP contribution in [0, 0.1) is 0 Å². The van der Waals surface area contributed by atoms with Crippen LogP contribution >= 0.6 is 27.5 Å². The van der Waals surface area contributed by atoms with Crippen molar-refractivity contribution in [2.45, 2.75) is 26.4 Å². The molecule has 2 nitrogen and oxygen atoms in total. The molecule has 1 N–H and O–H groups in total. The Hall–Kier alpha value is -1.03. The standard InChI is InChI=1S/C17H19BrClNO/c1-3-21-15-6-4-5-13(9-15)11-20-12(2)16-8-7-14(18)10-17(16)19/h4-10,12,20H,3,11H2,1-2H3. The lowest BCUT2D eigenvalue weighted by Gasteiger charge is -2.16. The third-order valence-electron chi connectivity index (χ3n) is 3.25. The fraction of sp³-hybridized carbons (Fsp3) is 0.294. The minimum Gasteiger partial charge on any atom is -0.494 e. The Labute approximate surface area is 139 Å². The van der Waals surface area contributed by atoms with Gasteiger partial charge in [-0.3, -0.25) is 0 Å². The van der Waals surface area contributed by atoms with Gasteiger partial charge >= 0.3 is 0 Å². The minimum absolute atomic E-state index is 0.182. The summed E-state index contributed by atoms with van der Waals surface area (Å²) in [6, 6.07) is 14.3. The zero-order valence-corrected chi connectivity index (χ0v) is 14.5. The van der Waals surface area contributed by atoms with Crippen LogP contribution < -0.4 is 10.1 Å². The molecule has 0 saturated carbocycles. The maximum atomic E-state index is 6.28. The molecule has 2 aromatic carbocycles. The Bertz CT molecular complexity index is 603. The lowest BCUT2D eigenvalue weighted by atomic mass is 10.1. The van der Waals surface area contributed by atoms with E-state index < -0.39 is 0 Å². The summed E-state index contributed by atoms with van der Waals surface area (Å²) in [6.45, 7) is 5.56. The molecule has 0 amide bonds. The molecule has 0 fully saturated rings. The van der Waals surface area contributed by atoms with E-state index in [9.17, 15) is 0 Å². The maximum Gasteiger partial charge on any atom is 0.119 e. The zero-order valence-electron chi connectivity index (χ0n) is 12.2. The van der Waals surface area contributed by atoms with E-state index in [2.05, 4.69) is 40.3 Å². The van der Waals surface area contributed by atoms with Gasteiger partial charge in [0.25, 0.3) is 0 Å². The van der Waals surface area contributed by atoms with Crippen LogP contribution in [0.3, 0.4) is 0 Å². The van der Waals surface area contributed by atoms with Gasteiger partial charge in [0.1, 0.15) is 5.75 Å². The van der Waals surface area contributed by atoms with Crippen LogP contribution in [0.4, 0.5) is 0 Å². The molecule has 0 saturated heterocycles. The molecular weight excluding hydrogens is 350 g/mol. The lowest BCUT2D eigenvalue weighted by Crippen LogP contribution is -2.18. The molecule has 0 aliphatic rings. The number of halogens is 2. The highest BCUT2D eigenvalue weighted by molar-refractivity contribution is 9.10. The van der Waals surface area contributed by atoms with Gasteiger partial charge in [-0.15, -0.1) is 0 Å². The van der Waals surface area contributed by atoms with E-state index in [1.165, 1.54) is 5.56 Å². The Morgan fingerprint density at radius 3 is 2.76 bits per heavy atom. The number of nitrogens with one attached hydrogen (secondary N) is 1. The Morgan fingerprint density at radius 1 is 1.24 bits per heavy atom. The van der Waals surface area contributed by atoms with E-state index in [0.717, 1.165) is 27.4 Å². The molecule has 0 spiro atoms. The normalized spacial score (nSPS) is 12.2. The zero-order chi connectivity index (χ0) is 15.2. The van der Waals surface area contributed by atoms with Crippen molar-refractivity contribution in [2.75, 3.05) is 6.61 Å². The van der Waals surface area contributed by atoms with Crippen LogP contribution in [-0.2, 0) is 6.54 Å². The highest BCUT2D eigenvalue weighted by atomic mass is 79.9. The van der Waals surface area contributed by atoms with Gasteiger partial charge in [-0.25, -0.2) is 0 Å². The molecule has 0 heterocycles. The van der Waals surface area contributed by atoms with E-state index in [4.69, 9.17) is 16.3 Å². The van der Waals surface area contributed by atoms with E-state index >= 15 is 0 Å². The second kappa shape index (κ2) is 7.83. The molecule has 2 rings (SSSR count). The predicted molar refractivity (Wildman–Crippen MR) is 92.0 cm³/mol. The van der Waals surface area contributed by atoms with Crippen LogP contribution in [0.2, 0.25) is 5.02 Å². The lowest BCUT2D eigenvalue weighted by molar-refractivity contribution is 0.339. The van der Waals surface area contributed by atoms with Crippen LogP contribution in [0.15, 0.2) is 46.9 Å². The number of ether oxygens (including phenoxy) is 1. The molecular formula is C17H19BrClNO. The maximum absolute atomic E-state index is 6.28. The SMILES string of the molecule is CCOc1cccc(CNC(C)c2ccc(Br)cc2Cl)c1. The van der Waals surface area contributed by atoms with Crippen molar-refractivity contribution in [1.29, 1.82) is 0 Å². The average molecular weight is 369 g/mol. The van der Waals surface area contributed by atoms with Crippen molar-refractivity contribution in [1.82, 2.24) is 5.32 Å². The molecule has 1 unspecified atom stereocenters. The third kappa shape index (κ3) is 4.73. The average Bonchev–Trinajstić information content (AvgIpc) is 2.45. The third-order valence-corrected chi connectivity index (χ3v) is 4.07. The first kappa shape index (κ1) is 16.3. The van der Waals surface area contributed by atoms with Crippen LogP contribution in [0.5, 0.6) is 5.75 Å². The van der Waals surface area contributed by atoms with Crippen molar-refractivity contribution >= 4 is 27.5 Å². The quantitative estimate of drug-likeness (QED) is 0.742. The van der Waals surface area contributed by atoms with Gasteiger partial charge in [-0.05, 0) is 49.2 Å². The molecule has 112 valence electrons. The summed E-state index contributed by atoms with van der Waals surface area (Å²) >= 11 is 9.71. The number of rotatable bonds is 6. The fourth-order valence-corrected chi connectivity index (χ4v) is 2.98. The number of hydrogen-bond acceptors (Lipinski definition) is 2. The fourth-order valence-electron chi connectivity index (χ4n) is 2.15.